The molecule has 0 saturated heterocycles. The number of methoxy groups -OCH3 is 1. The van der Waals surface area contributed by atoms with Gasteiger partial charge < -0.3 is 15.0 Å². The van der Waals surface area contributed by atoms with Crippen LogP contribution < -0.4 is 15.0 Å². The van der Waals surface area contributed by atoms with Crippen LogP contribution in [0.15, 0.2) is 48.5 Å². The zero-order valence-electron chi connectivity index (χ0n) is 14.3. The average molecular weight is 361 g/mol. The Bertz CT molecular complexity index is 714. The minimum Gasteiger partial charge on any atom is -0.497 e. The third kappa shape index (κ3) is 5.80. The molecule has 0 heterocycles. The van der Waals surface area contributed by atoms with Gasteiger partial charge in [-0.3, -0.25) is 9.59 Å². The smallest absolute Gasteiger partial charge is 0.224 e. The van der Waals surface area contributed by atoms with Gasteiger partial charge in [-0.1, -0.05) is 23.7 Å². The first-order valence-electron chi connectivity index (χ1n) is 7.93. The molecule has 6 heteroatoms. The molecule has 0 radical (unpaired) electrons. The van der Waals surface area contributed by atoms with E-state index in [0.717, 1.165) is 17.0 Å². The number of hydrogen-bond donors (Lipinski definition) is 1. The number of hydrogen-bond acceptors (Lipinski definition) is 3. The molecule has 2 amide bonds. The van der Waals surface area contributed by atoms with Gasteiger partial charge in [0, 0.05) is 30.7 Å². The van der Waals surface area contributed by atoms with Gasteiger partial charge in [-0.15, -0.1) is 0 Å². The van der Waals surface area contributed by atoms with Crippen LogP contribution in [-0.2, 0) is 16.0 Å². The van der Waals surface area contributed by atoms with Crippen molar-refractivity contribution in [1.29, 1.82) is 0 Å². The maximum atomic E-state index is 12.0. The summed E-state index contributed by atoms with van der Waals surface area (Å²) in [6, 6.07) is 14.4. The van der Waals surface area contributed by atoms with E-state index in [2.05, 4.69) is 5.32 Å². The Morgan fingerprint density at radius 3 is 2.28 bits per heavy atom. The van der Waals surface area contributed by atoms with E-state index in [-0.39, 0.29) is 18.2 Å². The molecule has 2 aromatic carbocycles. The van der Waals surface area contributed by atoms with Gasteiger partial charge in [0.1, 0.15) is 5.75 Å². The molecule has 1 N–H and O–H groups in total. The first-order valence-corrected chi connectivity index (χ1v) is 8.30. The lowest BCUT2D eigenvalue weighted by Crippen LogP contribution is -2.38. The van der Waals surface area contributed by atoms with Crippen molar-refractivity contribution in [3.63, 3.8) is 0 Å². The number of halogens is 1. The van der Waals surface area contributed by atoms with Gasteiger partial charge in [0.05, 0.1) is 13.5 Å². The quantitative estimate of drug-likeness (QED) is 0.825. The number of benzene rings is 2. The van der Waals surface area contributed by atoms with Gasteiger partial charge in [0.25, 0.3) is 0 Å². The fourth-order valence-corrected chi connectivity index (χ4v) is 2.51. The van der Waals surface area contributed by atoms with Crippen LogP contribution in [0.25, 0.3) is 0 Å². The topological polar surface area (TPSA) is 58.6 Å². The van der Waals surface area contributed by atoms with Crippen LogP contribution in [0, 0.1) is 0 Å². The molecular weight excluding hydrogens is 340 g/mol. The molecule has 0 spiro atoms. The molecule has 0 aromatic heterocycles. The van der Waals surface area contributed by atoms with E-state index in [1.807, 2.05) is 24.3 Å². The van der Waals surface area contributed by atoms with Crippen molar-refractivity contribution in [3.05, 3.63) is 59.1 Å². The molecule has 0 unspecified atom stereocenters. The van der Waals surface area contributed by atoms with Gasteiger partial charge in [0.2, 0.25) is 11.8 Å². The van der Waals surface area contributed by atoms with E-state index in [9.17, 15) is 9.59 Å². The number of nitrogens with one attached hydrogen (secondary N) is 1. The van der Waals surface area contributed by atoms with Crippen LogP contribution >= 0.6 is 11.6 Å². The molecule has 0 aliphatic rings. The van der Waals surface area contributed by atoms with Crippen LogP contribution in [0.4, 0.5) is 5.69 Å². The highest BCUT2D eigenvalue weighted by molar-refractivity contribution is 6.30. The summed E-state index contributed by atoms with van der Waals surface area (Å²) >= 11 is 5.87. The molecular formula is C19H21ClN2O3. The third-order valence-electron chi connectivity index (χ3n) is 3.70. The largest absolute Gasteiger partial charge is 0.497 e. The molecule has 0 aliphatic carbocycles. The molecule has 0 atom stereocenters. The Kier molecular flexibility index (Phi) is 6.83. The van der Waals surface area contributed by atoms with E-state index in [4.69, 9.17) is 16.3 Å². The molecule has 25 heavy (non-hydrogen) atoms. The van der Waals surface area contributed by atoms with Crippen molar-refractivity contribution >= 4 is 29.1 Å². The Labute approximate surface area is 152 Å². The summed E-state index contributed by atoms with van der Waals surface area (Å²) in [5.41, 5.74) is 1.65. The number of carbonyl (C=O) groups excluding carboxylic acids is 2. The number of rotatable bonds is 7. The van der Waals surface area contributed by atoms with E-state index in [1.54, 1.807) is 36.3 Å². The van der Waals surface area contributed by atoms with E-state index >= 15 is 0 Å². The predicted molar refractivity (Wildman–Crippen MR) is 99.2 cm³/mol. The summed E-state index contributed by atoms with van der Waals surface area (Å²) in [5, 5.41) is 3.45. The lowest BCUT2D eigenvalue weighted by Gasteiger charge is -2.21. The van der Waals surface area contributed by atoms with Crippen molar-refractivity contribution in [3.8, 4) is 5.75 Å². The van der Waals surface area contributed by atoms with Crippen molar-refractivity contribution < 1.29 is 14.3 Å². The Hall–Kier alpha value is -2.53. The van der Waals surface area contributed by atoms with Gasteiger partial charge in [0.15, 0.2) is 0 Å². The van der Waals surface area contributed by atoms with Crippen molar-refractivity contribution in [1.82, 2.24) is 5.32 Å². The summed E-state index contributed by atoms with van der Waals surface area (Å²) in [4.78, 5) is 25.5. The second-order valence-electron chi connectivity index (χ2n) is 5.52. The summed E-state index contributed by atoms with van der Waals surface area (Å²) in [7, 11) is 1.60. The highest BCUT2D eigenvalue weighted by Gasteiger charge is 2.12. The van der Waals surface area contributed by atoms with E-state index in [0.29, 0.717) is 18.1 Å². The van der Waals surface area contributed by atoms with Crippen LogP contribution in [0.5, 0.6) is 5.75 Å². The fraction of sp³-hybridized carbons (Fsp3) is 0.263. The first kappa shape index (κ1) is 18.8. The van der Waals surface area contributed by atoms with Crippen LogP contribution in [0.2, 0.25) is 5.02 Å². The summed E-state index contributed by atoms with van der Waals surface area (Å²) in [6.07, 6.45) is 0.283. The molecule has 0 aliphatic heterocycles. The molecule has 5 nitrogen and oxygen atoms in total. The van der Waals surface area contributed by atoms with Gasteiger partial charge in [-0.25, -0.2) is 0 Å². The maximum Gasteiger partial charge on any atom is 0.224 e. The average Bonchev–Trinajstić information content (AvgIpc) is 2.60. The van der Waals surface area contributed by atoms with Gasteiger partial charge in [-0.05, 0) is 42.0 Å². The Morgan fingerprint density at radius 1 is 1.08 bits per heavy atom. The zero-order chi connectivity index (χ0) is 18.2. The number of ether oxygens (including phenoxy) is 1. The summed E-state index contributed by atoms with van der Waals surface area (Å²) in [6.45, 7) is 2.26. The minimum atomic E-state index is -0.0928. The molecule has 2 rings (SSSR count). The first-order chi connectivity index (χ1) is 12.0. The lowest BCUT2D eigenvalue weighted by atomic mass is 10.1. The van der Waals surface area contributed by atoms with Crippen molar-refractivity contribution in [2.75, 3.05) is 25.1 Å². The highest BCUT2D eigenvalue weighted by Crippen LogP contribution is 2.18. The molecule has 0 fully saturated rings. The Balaban J connectivity index is 1.85. The molecule has 0 saturated carbocycles. The highest BCUT2D eigenvalue weighted by atomic mass is 35.5. The normalized spacial score (nSPS) is 10.2. The van der Waals surface area contributed by atoms with Gasteiger partial charge in [-0.2, -0.15) is 0 Å². The standard InChI is InChI=1S/C19H21ClN2O3/c1-14(23)22(17-7-5-16(20)6-8-17)12-11-21-19(24)13-15-3-9-18(25-2)10-4-15/h3-10H,11-13H2,1-2H3,(H,21,24). The van der Waals surface area contributed by atoms with E-state index < -0.39 is 0 Å². The number of amides is 2. The number of nitrogens with zero attached hydrogens (tertiary/aromatic N) is 1. The van der Waals surface area contributed by atoms with Crippen molar-refractivity contribution in [2.45, 2.75) is 13.3 Å². The summed E-state index contributed by atoms with van der Waals surface area (Å²) in [5.74, 6) is 0.570. The predicted octanol–water partition coefficient (Wildman–Crippen LogP) is 3.06. The van der Waals surface area contributed by atoms with Gasteiger partial charge >= 0.3 is 0 Å². The van der Waals surface area contributed by atoms with Crippen molar-refractivity contribution in [2.24, 2.45) is 0 Å². The van der Waals surface area contributed by atoms with Crippen LogP contribution in [0.3, 0.4) is 0 Å². The summed E-state index contributed by atoms with van der Waals surface area (Å²) < 4.78 is 5.09. The second-order valence-corrected chi connectivity index (χ2v) is 5.96. The second kappa shape index (κ2) is 9.08. The lowest BCUT2D eigenvalue weighted by molar-refractivity contribution is -0.121. The SMILES string of the molecule is COc1ccc(CC(=O)NCCN(C(C)=O)c2ccc(Cl)cc2)cc1. The third-order valence-corrected chi connectivity index (χ3v) is 3.95. The number of carbonyl (C=O) groups is 2. The molecule has 0 bridgehead atoms. The monoisotopic (exact) mass is 360 g/mol. The molecule has 132 valence electrons. The number of anilines is 1. The Morgan fingerprint density at radius 2 is 1.72 bits per heavy atom. The zero-order valence-corrected chi connectivity index (χ0v) is 15.0. The minimum absolute atomic E-state index is 0.0910. The van der Waals surface area contributed by atoms with Crippen LogP contribution in [-0.4, -0.2) is 32.0 Å². The maximum absolute atomic E-state index is 12.0. The van der Waals surface area contributed by atoms with E-state index in [1.165, 1.54) is 6.92 Å². The fourth-order valence-electron chi connectivity index (χ4n) is 2.39. The molecule has 2 aromatic rings. The van der Waals surface area contributed by atoms with Crippen LogP contribution in [0.1, 0.15) is 12.5 Å².